The second-order valence-corrected chi connectivity index (χ2v) is 6.07. The Bertz CT molecular complexity index is 611. The van der Waals surface area contributed by atoms with Crippen molar-refractivity contribution in [2.45, 2.75) is 25.2 Å². The van der Waals surface area contributed by atoms with Crippen molar-refractivity contribution in [2.24, 2.45) is 0 Å². The van der Waals surface area contributed by atoms with Gasteiger partial charge in [-0.05, 0) is 48.4 Å². The van der Waals surface area contributed by atoms with Crippen LogP contribution in [0, 0.1) is 0 Å². The monoisotopic (exact) mass is 315 g/mol. The van der Waals surface area contributed by atoms with E-state index in [0.717, 1.165) is 23.6 Å². The highest BCUT2D eigenvalue weighted by Crippen LogP contribution is 2.21. The lowest BCUT2D eigenvalue weighted by Crippen LogP contribution is -2.05. The van der Waals surface area contributed by atoms with Crippen molar-refractivity contribution in [1.29, 1.82) is 0 Å². The summed E-state index contributed by atoms with van der Waals surface area (Å²) in [5.74, 6) is 1.76. The van der Waals surface area contributed by atoms with Crippen LogP contribution in [-0.4, -0.2) is 18.3 Å². The first-order chi connectivity index (χ1) is 10.7. The third-order valence-corrected chi connectivity index (χ3v) is 4.08. The molecule has 0 radical (unpaired) electrons. The smallest absolute Gasteiger partial charge is 0.221 e. The SMILES string of the molecule is CCc1cccc(OCCSc2ccc(NC(C)=O)cc2)c1. The summed E-state index contributed by atoms with van der Waals surface area (Å²) >= 11 is 1.74. The molecule has 0 spiro atoms. The number of hydrogen-bond donors (Lipinski definition) is 1. The summed E-state index contributed by atoms with van der Waals surface area (Å²) in [7, 11) is 0. The van der Waals surface area contributed by atoms with Crippen LogP contribution in [0.15, 0.2) is 53.4 Å². The van der Waals surface area contributed by atoms with Gasteiger partial charge in [0.15, 0.2) is 0 Å². The van der Waals surface area contributed by atoms with Crippen LogP contribution in [0.1, 0.15) is 19.4 Å². The van der Waals surface area contributed by atoms with Crippen LogP contribution in [0.25, 0.3) is 0 Å². The number of carbonyl (C=O) groups is 1. The van der Waals surface area contributed by atoms with Gasteiger partial charge in [-0.2, -0.15) is 0 Å². The molecule has 0 aliphatic heterocycles. The molecule has 4 heteroatoms. The summed E-state index contributed by atoms with van der Waals surface area (Å²) < 4.78 is 5.77. The Balaban J connectivity index is 1.75. The van der Waals surface area contributed by atoms with Crippen LogP contribution in [0.5, 0.6) is 5.75 Å². The average molecular weight is 315 g/mol. The second-order valence-electron chi connectivity index (χ2n) is 4.90. The van der Waals surface area contributed by atoms with Gasteiger partial charge in [0.1, 0.15) is 5.75 Å². The number of anilines is 1. The van der Waals surface area contributed by atoms with Gasteiger partial charge in [-0.3, -0.25) is 4.79 Å². The molecule has 116 valence electrons. The van der Waals surface area contributed by atoms with Gasteiger partial charge in [0.2, 0.25) is 5.91 Å². The molecule has 2 aromatic rings. The van der Waals surface area contributed by atoms with Crippen LogP contribution in [0.2, 0.25) is 0 Å². The summed E-state index contributed by atoms with van der Waals surface area (Å²) in [5, 5.41) is 2.76. The van der Waals surface area contributed by atoms with Crippen molar-refractivity contribution in [3.05, 3.63) is 54.1 Å². The van der Waals surface area contributed by atoms with Gasteiger partial charge < -0.3 is 10.1 Å². The fourth-order valence-corrected chi connectivity index (χ4v) is 2.74. The van der Waals surface area contributed by atoms with Crippen molar-refractivity contribution < 1.29 is 9.53 Å². The van der Waals surface area contributed by atoms with Crippen molar-refractivity contribution in [2.75, 3.05) is 17.7 Å². The Morgan fingerprint density at radius 3 is 2.64 bits per heavy atom. The molecule has 0 atom stereocenters. The quantitative estimate of drug-likeness (QED) is 0.609. The molecule has 3 nitrogen and oxygen atoms in total. The maximum atomic E-state index is 11.0. The Morgan fingerprint density at radius 2 is 1.95 bits per heavy atom. The lowest BCUT2D eigenvalue weighted by molar-refractivity contribution is -0.114. The van der Waals surface area contributed by atoms with E-state index in [0.29, 0.717) is 6.61 Å². The van der Waals surface area contributed by atoms with Crippen LogP contribution < -0.4 is 10.1 Å². The molecule has 0 aromatic heterocycles. The van der Waals surface area contributed by atoms with Gasteiger partial charge in [0.25, 0.3) is 0 Å². The van der Waals surface area contributed by atoms with Crippen LogP contribution in [-0.2, 0) is 11.2 Å². The third kappa shape index (κ3) is 5.45. The molecular weight excluding hydrogens is 294 g/mol. The Labute approximate surface area is 136 Å². The Hall–Kier alpha value is -1.94. The maximum Gasteiger partial charge on any atom is 0.221 e. The van der Waals surface area contributed by atoms with E-state index >= 15 is 0 Å². The lowest BCUT2D eigenvalue weighted by Gasteiger charge is -2.08. The highest BCUT2D eigenvalue weighted by Gasteiger charge is 1.99. The van der Waals surface area contributed by atoms with Crippen LogP contribution in [0.3, 0.4) is 0 Å². The number of hydrogen-bond acceptors (Lipinski definition) is 3. The van der Waals surface area contributed by atoms with Gasteiger partial charge in [0, 0.05) is 23.3 Å². The van der Waals surface area contributed by atoms with Gasteiger partial charge in [-0.15, -0.1) is 11.8 Å². The zero-order chi connectivity index (χ0) is 15.8. The highest BCUT2D eigenvalue weighted by atomic mass is 32.2. The van der Waals surface area contributed by atoms with E-state index in [9.17, 15) is 4.79 Å². The molecule has 2 rings (SSSR count). The summed E-state index contributed by atoms with van der Waals surface area (Å²) in [6.45, 7) is 4.32. The molecule has 0 unspecified atom stereocenters. The lowest BCUT2D eigenvalue weighted by atomic mass is 10.2. The first kappa shape index (κ1) is 16.4. The summed E-state index contributed by atoms with van der Waals surface area (Å²) in [4.78, 5) is 12.1. The number of aryl methyl sites for hydroxylation is 1. The summed E-state index contributed by atoms with van der Waals surface area (Å²) in [5.41, 5.74) is 2.11. The minimum absolute atomic E-state index is 0.0527. The molecule has 0 aliphatic carbocycles. The molecule has 0 bridgehead atoms. The van der Waals surface area contributed by atoms with Gasteiger partial charge in [-0.1, -0.05) is 19.1 Å². The van der Waals surface area contributed by atoms with Gasteiger partial charge in [0.05, 0.1) is 6.61 Å². The predicted molar refractivity (Wildman–Crippen MR) is 92.8 cm³/mol. The summed E-state index contributed by atoms with van der Waals surface area (Å²) in [6.07, 6.45) is 1.02. The van der Waals surface area contributed by atoms with Gasteiger partial charge >= 0.3 is 0 Å². The topological polar surface area (TPSA) is 38.3 Å². The highest BCUT2D eigenvalue weighted by molar-refractivity contribution is 7.99. The molecule has 22 heavy (non-hydrogen) atoms. The first-order valence-electron chi connectivity index (χ1n) is 7.39. The van der Waals surface area contributed by atoms with Crippen molar-refractivity contribution in [3.8, 4) is 5.75 Å². The van der Waals surface area contributed by atoms with E-state index in [4.69, 9.17) is 4.74 Å². The van der Waals surface area contributed by atoms with E-state index in [1.165, 1.54) is 17.4 Å². The molecule has 1 N–H and O–H groups in total. The zero-order valence-corrected chi connectivity index (χ0v) is 13.8. The predicted octanol–water partition coefficient (Wildman–Crippen LogP) is 4.38. The van der Waals surface area contributed by atoms with Crippen LogP contribution in [0.4, 0.5) is 5.69 Å². The van der Waals surface area contributed by atoms with Gasteiger partial charge in [-0.25, -0.2) is 0 Å². The molecule has 0 fully saturated rings. The standard InChI is InChI=1S/C18H21NO2S/c1-3-15-5-4-6-17(13-15)21-11-12-22-18-9-7-16(8-10-18)19-14(2)20/h4-10,13H,3,11-12H2,1-2H3,(H,19,20). The van der Waals surface area contributed by atoms with Crippen molar-refractivity contribution >= 4 is 23.4 Å². The molecule has 2 aromatic carbocycles. The average Bonchev–Trinajstić information content (AvgIpc) is 2.53. The number of benzene rings is 2. The number of carbonyl (C=O) groups excluding carboxylic acids is 1. The van der Waals surface area contributed by atoms with Crippen molar-refractivity contribution in [1.82, 2.24) is 0 Å². The van der Waals surface area contributed by atoms with E-state index in [-0.39, 0.29) is 5.91 Å². The largest absolute Gasteiger partial charge is 0.493 e. The Morgan fingerprint density at radius 1 is 1.18 bits per heavy atom. The number of rotatable bonds is 7. The van der Waals surface area contributed by atoms with E-state index < -0.39 is 0 Å². The maximum absolute atomic E-state index is 11.0. The minimum atomic E-state index is -0.0527. The zero-order valence-electron chi connectivity index (χ0n) is 13.0. The number of amides is 1. The van der Waals surface area contributed by atoms with E-state index in [2.05, 4.69) is 24.4 Å². The summed E-state index contributed by atoms with van der Waals surface area (Å²) in [6, 6.07) is 16.1. The number of ether oxygens (including phenoxy) is 1. The van der Waals surface area contributed by atoms with Crippen molar-refractivity contribution in [3.63, 3.8) is 0 Å². The molecule has 0 saturated heterocycles. The van der Waals surface area contributed by atoms with E-state index in [1.54, 1.807) is 11.8 Å². The van der Waals surface area contributed by atoms with E-state index in [1.807, 2.05) is 36.4 Å². The first-order valence-corrected chi connectivity index (χ1v) is 8.38. The minimum Gasteiger partial charge on any atom is -0.493 e. The molecular formula is C18H21NO2S. The number of thioether (sulfide) groups is 1. The second kappa shape index (κ2) is 8.49. The number of nitrogens with one attached hydrogen (secondary N) is 1. The fourth-order valence-electron chi connectivity index (χ4n) is 2.01. The molecule has 1 amide bonds. The normalized spacial score (nSPS) is 10.3. The van der Waals surface area contributed by atoms with Crippen LogP contribution >= 0.6 is 11.8 Å². The Kier molecular flexibility index (Phi) is 6.34. The fraction of sp³-hybridized carbons (Fsp3) is 0.278. The molecule has 0 saturated carbocycles. The molecule has 0 heterocycles. The third-order valence-electron chi connectivity index (χ3n) is 3.10. The molecule has 0 aliphatic rings.